The molecule has 10 nitrogen and oxygen atoms in total. The molecule has 10 heteroatoms. The van der Waals surface area contributed by atoms with E-state index in [2.05, 4.69) is 16.0 Å². The number of nitrogens with one attached hydrogen (secondary N) is 3. The molecular formula is C19H34N6O4. The number of primary amides is 1. The lowest BCUT2D eigenvalue weighted by Gasteiger charge is -2.27. The Labute approximate surface area is 172 Å². The zero-order chi connectivity index (χ0) is 22.7. The molecule has 0 fully saturated rings. The van der Waals surface area contributed by atoms with Gasteiger partial charge in [-0.3, -0.25) is 19.2 Å². The summed E-state index contributed by atoms with van der Waals surface area (Å²) in [6, 6.07) is -1.54. The molecule has 0 saturated carbocycles. The number of hydrogen-bond acceptors (Lipinski definition) is 6. The van der Waals surface area contributed by atoms with Crippen LogP contribution in [0.25, 0.3) is 0 Å². The van der Waals surface area contributed by atoms with E-state index < -0.39 is 47.8 Å². The second-order valence-corrected chi connectivity index (χ2v) is 7.90. The fraction of sp³-hybridized carbons (Fsp3) is 0.737. The second kappa shape index (κ2) is 12.7. The molecule has 0 rings (SSSR count). The third kappa shape index (κ3) is 10.4. The molecule has 0 aliphatic rings. The largest absolute Gasteiger partial charge is 0.370 e. The lowest BCUT2D eigenvalue weighted by atomic mass is 9.99. The number of amides is 4. The Kier molecular flexibility index (Phi) is 11.6. The summed E-state index contributed by atoms with van der Waals surface area (Å²) in [5.74, 6) is -2.25. The van der Waals surface area contributed by atoms with Crippen molar-refractivity contribution >= 4 is 23.6 Å². The number of carbonyl (C=O) groups is 4. The molecule has 4 atom stereocenters. The average molecular weight is 411 g/mol. The van der Waals surface area contributed by atoms with Gasteiger partial charge in [0.25, 0.3) is 0 Å². The fourth-order valence-corrected chi connectivity index (χ4v) is 2.51. The summed E-state index contributed by atoms with van der Waals surface area (Å²) in [5.41, 5.74) is 10.6. The zero-order valence-electron chi connectivity index (χ0n) is 17.8. The van der Waals surface area contributed by atoms with E-state index in [1.807, 2.05) is 19.9 Å². The van der Waals surface area contributed by atoms with Gasteiger partial charge in [0.2, 0.25) is 23.6 Å². The van der Waals surface area contributed by atoms with Crippen molar-refractivity contribution in [2.24, 2.45) is 23.3 Å². The van der Waals surface area contributed by atoms with E-state index >= 15 is 0 Å². The van der Waals surface area contributed by atoms with E-state index in [9.17, 15) is 24.4 Å². The van der Waals surface area contributed by atoms with Crippen molar-refractivity contribution in [3.05, 3.63) is 0 Å². The molecule has 4 unspecified atom stereocenters. The second-order valence-electron chi connectivity index (χ2n) is 7.90. The van der Waals surface area contributed by atoms with Gasteiger partial charge in [-0.1, -0.05) is 27.7 Å². The molecule has 164 valence electrons. The van der Waals surface area contributed by atoms with Crippen molar-refractivity contribution in [3.63, 3.8) is 0 Å². The van der Waals surface area contributed by atoms with Crippen molar-refractivity contribution in [1.29, 1.82) is 5.26 Å². The summed E-state index contributed by atoms with van der Waals surface area (Å²) in [4.78, 5) is 48.2. The summed E-state index contributed by atoms with van der Waals surface area (Å²) in [5, 5.41) is 17.0. The summed E-state index contributed by atoms with van der Waals surface area (Å²) in [7, 11) is 0. The summed E-state index contributed by atoms with van der Waals surface area (Å²) < 4.78 is 0. The minimum atomic E-state index is -0.903. The van der Waals surface area contributed by atoms with Crippen molar-refractivity contribution in [3.8, 4) is 6.07 Å². The minimum absolute atomic E-state index is 0.0432. The Bertz CT molecular complexity index is 627. The summed E-state index contributed by atoms with van der Waals surface area (Å²) >= 11 is 0. The Morgan fingerprint density at radius 3 is 1.93 bits per heavy atom. The molecule has 7 N–H and O–H groups in total. The molecule has 0 aromatic carbocycles. The SMILES string of the molecule is CC(C)CC(NC(=O)C(NC(=O)C(C)N)C(C)C)C(=O)NC(C#N)CCC(N)=O. The summed E-state index contributed by atoms with van der Waals surface area (Å²) in [6.45, 7) is 8.81. The summed E-state index contributed by atoms with van der Waals surface area (Å²) in [6.07, 6.45) is 0.370. The standard InChI is InChI=1S/C19H34N6O4/c1-10(2)8-14(18(28)23-13(9-20)6-7-15(22)26)24-19(29)16(11(3)4)25-17(27)12(5)21/h10-14,16H,6-8,21H2,1-5H3,(H2,22,26)(H,23,28)(H,24,29)(H,25,27). The Morgan fingerprint density at radius 1 is 0.931 bits per heavy atom. The highest BCUT2D eigenvalue weighted by molar-refractivity contribution is 5.93. The van der Waals surface area contributed by atoms with Gasteiger partial charge in [0.15, 0.2) is 0 Å². The lowest BCUT2D eigenvalue weighted by Crippen LogP contribution is -2.57. The number of hydrogen-bond donors (Lipinski definition) is 5. The monoisotopic (exact) mass is 410 g/mol. The lowest BCUT2D eigenvalue weighted by molar-refractivity contribution is -0.133. The third-order valence-corrected chi connectivity index (χ3v) is 4.15. The number of nitrogens with two attached hydrogens (primary N) is 2. The highest BCUT2D eigenvalue weighted by Crippen LogP contribution is 2.09. The van der Waals surface area contributed by atoms with Crippen LogP contribution in [0.2, 0.25) is 0 Å². The molecule has 0 aromatic rings. The topological polar surface area (TPSA) is 180 Å². The molecule has 0 aliphatic heterocycles. The molecule has 0 saturated heterocycles. The van der Waals surface area contributed by atoms with Gasteiger partial charge in [0.05, 0.1) is 12.1 Å². The van der Waals surface area contributed by atoms with Gasteiger partial charge in [-0.15, -0.1) is 0 Å². The van der Waals surface area contributed by atoms with Crippen LogP contribution < -0.4 is 27.4 Å². The Hall–Kier alpha value is -2.67. The maximum absolute atomic E-state index is 12.7. The first-order valence-electron chi connectivity index (χ1n) is 9.73. The highest BCUT2D eigenvalue weighted by atomic mass is 16.2. The van der Waals surface area contributed by atoms with E-state index in [0.29, 0.717) is 6.42 Å². The minimum Gasteiger partial charge on any atom is -0.370 e. The number of nitriles is 1. The Balaban J connectivity index is 5.26. The number of carbonyl (C=O) groups excluding carboxylic acids is 4. The first-order chi connectivity index (χ1) is 13.4. The van der Waals surface area contributed by atoms with Gasteiger partial charge in [-0.25, -0.2) is 0 Å². The van der Waals surface area contributed by atoms with Crippen LogP contribution in [-0.2, 0) is 19.2 Å². The van der Waals surface area contributed by atoms with Crippen molar-refractivity contribution in [2.75, 3.05) is 0 Å². The van der Waals surface area contributed by atoms with E-state index in [1.165, 1.54) is 6.92 Å². The number of nitrogens with zero attached hydrogens (tertiary/aromatic N) is 1. The molecule has 0 aliphatic carbocycles. The van der Waals surface area contributed by atoms with E-state index in [4.69, 9.17) is 11.5 Å². The maximum Gasteiger partial charge on any atom is 0.243 e. The van der Waals surface area contributed by atoms with Crippen LogP contribution in [0.15, 0.2) is 0 Å². The van der Waals surface area contributed by atoms with E-state index in [1.54, 1.807) is 13.8 Å². The van der Waals surface area contributed by atoms with Gasteiger partial charge in [-0.05, 0) is 31.6 Å². The van der Waals surface area contributed by atoms with Gasteiger partial charge in [0.1, 0.15) is 18.1 Å². The molecular weight excluding hydrogens is 376 g/mol. The molecule has 4 amide bonds. The van der Waals surface area contributed by atoms with Crippen molar-refractivity contribution in [2.45, 2.75) is 78.0 Å². The van der Waals surface area contributed by atoms with E-state index in [0.717, 1.165) is 0 Å². The first kappa shape index (κ1) is 26.3. The van der Waals surface area contributed by atoms with Gasteiger partial charge < -0.3 is 27.4 Å². The molecule has 0 aromatic heterocycles. The van der Waals surface area contributed by atoms with Crippen LogP contribution in [0.5, 0.6) is 0 Å². The van der Waals surface area contributed by atoms with E-state index in [-0.39, 0.29) is 24.7 Å². The average Bonchev–Trinajstić information content (AvgIpc) is 2.60. The van der Waals surface area contributed by atoms with Gasteiger partial charge in [-0.2, -0.15) is 5.26 Å². The fourth-order valence-electron chi connectivity index (χ4n) is 2.51. The number of rotatable bonds is 12. The third-order valence-electron chi connectivity index (χ3n) is 4.15. The zero-order valence-corrected chi connectivity index (χ0v) is 17.8. The highest BCUT2D eigenvalue weighted by Gasteiger charge is 2.30. The van der Waals surface area contributed by atoms with Crippen LogP contribution in [0.1, 0.15) is 53.9 Å². The first-order valence-corrected chi connectivity index (χ1v) is 9.73. The Morgan fingerprint density at radius 2 is 1.52 bits per heavy atom. The van der Waals surface area contributed by atoms with Crippen molar-refractivity contribution in [1.82, 2.24) is 16.0 Å². The maximum atomic E-state index is 12.7. The van der Waals surface area contributed by atoms with Crippen molar-refractivity contribution < 1.29 is 19.2 Å². The molecule has 0 bridgehead atoms. The van der Waals surface area contributed by atoms with Crippen LogP contribution in [-0.4, -0.2) is 47.8 Å². The molecule has 0 spiro atoms. The van der Waals surface area contributed by atoms with Crippen LogP contribution in [0.4, 0.5) is 0 Å². The van der Waals surface area contributed by atoms with Crippen LogP contribution >= 0.6 is 0 Å². The van der Waals surface area contributed by atoms with Crippen LogP contribution in [0.3, 0.4) is 0 Å². The van der Waals surface area contributed by atoms with Gasteiger partial charge in [0, 0.05) is 6.42 Å². The smallest absolute Gasteiger partial charge is 0.243 e. The normalized spacial score (nSPS) is 15.0. The van der Waals surface area contributed by atoms with Gasteiger partial charge >= 0.3 is 0 Å². The molecule has 29 heavy (non-hydrogen) atoms. The molecule has 0 heterocycles. The molecule has 0 radical (unpaired) electrons. The predicted molar refractivity (Wildman–Crippen MR) is 108 cm³/mol. The predicted octanol–water partition coefficient (Wildman–Crippen LogP) is -0.721. The quantitative estimate of drug-likeness (QED) is 0.283. The van der Waals surface area contributed by atoms with Crippen LogP contribution in [0, 0.1) is 23.2 Å².